The number of sulfone groups is 1. The van der Waals surface area contributed by atoms with Crippen molar-refractivity contribution in [3.05, 3.63) is 48.8 Å². The summed E-state index contributed by atoms with van der Waals surface area (Å²) in [4.78, 5) is 17.0. The second-order valence-corrected chi connectivity index (χ2v) is 9.57. The lowest BCUT2D eigenvalue weighted by molar-refractivity contribution is -0.145. The van der Waals surface area contributed by atoms with E-state index in [2.05, 4.69) is 20.2 Å². The van der Waals surface area contributed by atoms with Crippen LogP contribution < -0.4 is 4.90 Å². The Morgan fingerprint density at radius 2 is 1.83 bits per heavy atom. The number of aromatic nitrogens is 4. The van der Waals surface area contributed by atoms with Crippen LogP contribution in [-0.4, -0.2) is 70.0 Å². The third-order valence-corrected chi connectivity index (χ3v) is 7.37. The van der Waals surface area contributed by atoms with Gasteiger partial charge in [0.25, 0.3) is 0 Å². The molecule has 150 valence electrons. The zero-order valence-electron chi connectivity index (χ0n) is 15.6. The molecule has 0 spiro atoms. The van der Waals surface area contributed by atoms with E-state index in [0.717, 1.165) is 12.2 Å². The van der Waals surface area contributed by atoms with Crippen molar-refractivity contribution in [3.8, 4) is 0 Å². The highest BCUT2D eigenvalue weighted by Gasteiger charge is 2.47. The van der Waals surface area contributed by atoms with Gasteiger partial charge in [-0.05, 0) is 30.7 Å². The highest BCUT2D eigenvalue weighted by atomic mass is 32.2. The van der Waals surface area contributed by atoms with Crippen molar-refractivity contribution in [1.29, 1.82) is 0 Å². The van der Waals surface area contributed by atoms with E-state index in [4.69, 9.17) is 0 Å². The van der Waals surface area contributed by atoms with E-state index in [1.807, 2.05) is 17.0 Å². The van der Waals surface area contributed by atoms with Crippen LogP contribution in [0.2, 0.25) is 0 Å². The topological polar surface area (TPSA) is 101 Å². The second kappa shape index (κ2) is 6.80. The van der Waals surface area contributed by atoms with Crippen molar-refractivity contribution >= 4 is 27.2 Å². The number of nitrogens with zero attached hydrogens (tertiary/aromatic N) is 6. The maximum absolute atomic E-state index is 12.7. The molecule has 1 aromatic carbocycles. The largest absolute Gasteiger partial charge is 0.351 e. The molecule has 3 aliphatic rings. The summed E-state index contributed by atoms with van der Waals surface area (Å²) >= 11 is 0. The van der Waals surface area contributed by atoms with Gasteiger partial charge in [-0.15, -0.1) is 15.3 Å². The number of carbonyl (C=O) groups excluding carboxylic acids is 1. The van der Waals surface area contributed by atoms with Gasteiger partial charge < -0.3 is 9.80 Å². The third kappa shape index (κ3) is 3.23. The molecule has 0 N–H and O–H groups in total. The molecule has 0 aliphatic carbocycles. The number of piperidine rings is 1. The van der Waals surface area contributed by atoms with Gasteiger partial charge in [0, 0.05) is 19.5 Å². The van der Waals surface area contributed by atoms with Crippen molar-refractivity contribution in [2.75, 3.05) is 23.7 Å². The van der Waals surface area contributed by atoms with Crippen LogP contribution in [0.3, 0.4) is 0 Å². The minimum absolute atomic E-state index is 0.00907. The van der Waals surface area contributed by atoms with Crippen molar-refractivity contribution in [2.45, 2.75) is 29.8 Å². The summed E-state index contributed by atoms with van der Waals surface area (Å²) < 4.78 is 26.5. The van der Waals surface area contributed by atoms with Crippen LogP contribution in [0.25, 0.3) is 5.65 Å². The number of carbonyl (C=O) groups is 1. The molecule has 3 aliphatic heterocycles. The molecule has 2 unspecified atom stereocenters. The number of anilines is 1. The molecule has 3 saturated heterocycles. The van der Waals surface area contributed by atoms with E-state index in [9.17, 15) is 13.2 Å². The van der Waals surface area contributed by atoms with E-state index in [-0.39, 0.29) is 35.1 Å². The van der Waals surface area contributed by atoms with Gasteiger partial charge in [0.15, 0.2) is 15.5 Å². The van der Waals surface area contributed by atoms with Gasteiger partial charge >= 0.3 is 0 Å². The molecular weight excluding hydrogens is 392 g/mol. The quantitative estimate of drug-likeness (QED) is 0.610. The number of benzene rings is 1. The van der Waals surface area contributed by atoms with Crippen molar-refractivity contribution in [1.82, 2.24) is 24.7 Å². The van der Waals surface area contributed by atoms with Crippen LogP contribution >= 0.6 is 0 Å². The lowest BCUT2D eigenvalue weighted by Crippen LogP contribution is -2.70. The second-order valence-electron chi connectivity index (χ2n) is 7.46. The molecule has 6 rings (SSSR count). The first-order valence-corrected chi connectivity index (χ1v) is 11.2. The van der Waals surface area contributed by atoms with Gasteiger partial charge in [-0.3, -0.25) is 4.79 Å². The number of rotatable bonds is 5. The van der Waals surface area contributed by atoms with Gasteiger partial charge in [0.2, 0.25) is 5.91 Å². The molecule has 29 heavy (non-hydrogen) atoms. The Morgan fingerprint density at radius 1 is 1.07 bits per heavy atom. The smallest absolute Gasteiger partial charge is 0.224 e. The SMILES string of the molecule is O=C(CCS(=O)(=O)c1ccccc1)N1C2CC1CN(c1ccc3nncn3n1)C2. The summed E-state index contributed by atoms with van der Waals surface area (Å²) in [5.74, 6) is 0.569. The van der Waals surface area contributed by atoms with Crippen LogP contribution in [0.1, 0.15) is 12.8 Å². The molecule has 5 heterocycles. The summed E-state index contributed by atoms with van der Waals surface area (Å²) in [6, 6.07) is 12.2. The highest BCUT2D eigenvalue weighted by Crippen LogP contribution is 2.34. The summed E-state index contributed by atoms with van der Waals surface area (Å²) in [7, 11) is -3.45. The van der Waals surface area contributed by atoms with Crippen LogP contribution in [-0.2, 0) is 14.6 Å². The van der Waals surface area contributed by atoms with E-state index in [1.165, 1.54) is 0 Å². The molecule has 3 fully saturated rings. The number of piperazine rings is 1. The van der Waals surface area contributed by atoms with Crippen molar-refractivity contribution < 1.29 is 13.2 Å². The minimum Gasteiger partial charge on any atom is -0.351 e. The lowest BCUT2D eigenvalue weighted by Gasteiger charge is -2.56. The zero-order valence-corrected chi connectivity index (χ0v) is 16.4. The van der Waals surface area contributed by atoms with Crippen molar-refractivity contribution in [3.63, 3.8) is 0 Å². The average molecular weight is 412 g/mol. The number of hydrogen-bond acceptors (Lipinski definition) is 7. The molecule has 3 aromatic rings. The molecule has 2 aromatic heterocycles. The molecule has 0 saturated carbocycles. The van der Waals surface area contributed by atoms with E-state index >= 15 is 0 Å². The predicted molar refractivity (Wildman–Crippen MR) is 105 cm³/mol. The summed E-state index contributed by atoms with van der Waals surface area (Å²) in [5, 5.41) is 12.3. The first-order chi connectivity index (χ1) is 14.0. The standard InChI is InChI=1S/C19H20N6O3S/c26-19(8-9-29(27,28)16-4-2-1-3-5-16)25-14-10-15(25)12-23(11-14)18-7-6-17-21-20-13-24(17)22-18/h1-7,13-15H,8-12H2. The molecular formula is C19H20N6O3S. The molecule has 1 amide bonds. The fraction of sp³-hybridized carbons (Fsp3) is 0.368. The fourth-order valence-electron chi connectivity index (χ4n) is 4.19. The third-order valence-electron chi connectivity index (χ3n) is 5.64. The van der Waals surface area contributed by atoms with E-state index in [0.29, 0.717) is 18.7 Å². The first kappa shape index (κ1) is 18.0. The fourth-order valence-corrected chi connectivity index (χ4v) is 5.44. The average Bonchev–Trinajstić information content (AvgIpc) is 3.21. The molecule has 0 radical (unpaired) electrons. The number of hydrogen-bond donors (Lipinski definition) is 0. The van der Waals surface area contributed by atoms with Gasteiger partial charge in [0.1, 0.15) is 12.1 Å². The highest BCUT2D eigenvalue weighted by molar-refractivity contribution is 7.91. The predicted octanol–water partition coefficient (Wildman–Crippen LogP) is 0.778. The van der Waals surface area contributed by atoms with Crippen LogP contribution in [0.4, 0.5) is 5.82 Å². The zero-order chi connectivity index (χ0) is 20.0. The van der Waals surface area contributed by atoms with E-state index in [1.54, 1.807) is 41.2 Å². The van der Waals surface area contributed by atoms with Crippen LogP contribution in [0.15, 0.2) is 53.7 Å². The maximum atomic E-state index is 12.7. The Balaban J connectivity index is 1.22. The number of fused-ring (bicyclic) bond motifs is 3. The normalized spacial score (nSPS) is 21.2. The Kier molecular flexibility index (Phi) is 4.23. The summed E-state index contributed by atoms with van der Waals surface area (Å²) in [6.45, 7) is 1.38. The van der Waals surface area contributed by atoms with Gasteiger partial charge in [-0.1, -0.05) is 18.2 Å². The summed E-state index contributed by atoms with van der Waals surface area (Å²) in [5.41, 5.74) is 0.687. The monoisotopic (exact) mass is 412 g/mol. The maximum Gasteiger partial charge on any atom is 0.224 e. The molecule has 2 bridgehead atoms. The Morgan fingerprint density at radius 3 is 2.59 bits per heavy atom. The van der Waals surface area contributed by atoms with Gasteiger partial charge in [-0.25, -0.2) is 8.42 Å². The Bertz CT molecular complexity index is 1150. The van der Waals surface area contributed by atoms with Crippen LogP contribution in [0.5, 0.6) is 0 Å². The number of amides is 1. The lowest BCUT2D eigenvalue weighted by atomic mass is 9.87. The van der Waals surface area contributed by atoms with Crippen molar-refractivity contribution in [2.24, 2.45) is 0 Å². The molecule has 9 nitrogen and oxygen atoms in total. The molecule has 10 heteroatoms. The summed E-state index contributed by atoms with van der Waals surface area (Å²) in [6.07, 6.45) is 2.52. The molecule has 2 atom stereocenters. The van der Waals surface area contributed by atoms with Crippen LogP contribution in [0, 0.1) is 0 Å². The van der Waals surface area contributed by atoms with E-state index < -0.39 is 9.84 Å². The Hall–Kier alpha value is -3.01. The van der Waals surface area contributed by atoms with Gasteiger partial charge in [0.05, 0.1) is 22.7 Å². The van der Waals surface area contributed by atoms with Gasteiger partial charge in [-0.2, -0.15) is 4.52 Å². The first-order valence-electron chi connectivity index (χ1n) is 9.52. The Labute approximate surface area is 167 Å². The minimum atomic E-state index is -3.45.